The van der Waals surface area contributed by atoms with Crippen LogP contribution in [-0.4, -0.2) is 28.4 Å². The molecule has 0 atom stereocenters. The molecule has 1 aliphatic heterocycles. The smallest absolute Gasteiger partial charge is 0.0543 e. The van der Waals surface area contributed by atoms with E-state index < -0.39 is 0 Å². The normalized spacial score (nSPS) is 19.8. The maximum absolute atomic E-state index is 6.04. The summed E-state index contributed by atoms with van der Waals surface area (Å²) in [5.74, 6) is 0. The first kappa shape index (κ1) is 9.94. The summed E-state index contributed by atoms with van der Waals surface area (Å²) in [6.45, 7) is 3.17. The zero-order valence-electron chi connectivity index (χ0n) is 8.19. The second-order valence-electron chi connectivity index (χ2n) is 3.77. The molecule has 1 saturated heterocycles. The van der Waals surface area contributed by atoms with E-state index in [-0.39, 0.29) is 0 Å². The van der Waals surface area contributed by atoms with Gasteiger partial charge < -0.3 is 0 Å². The second kappa shape index (κ2) is 4.76. The lowest BCUT2D eigenvalue weighted by molar-refractivity contribution is 0.221. The number of hydrogen-bond acceptors (Lipinski definition) is 2. The predicted molar refractivity (Wildman–Crippen MR) is 58.4 cm³/mol. The van der Waals surface area contributed by atoms with Crippen molar-refractivity contribution in [2.75, 3.05) is 13.1 Å². The Balaban J connectivity index is 1.87. The highest BCUT2D eigenvalue weighted by atomic mass is 35.5. The molecule has 3 heteroatoms. The third-order valence-electron chi connectivity index (χ3n) is 2.63. The molecule has 2 rings (SSSR count). The van der Waals surface area contributed by atoms with E-state index in [1.165, 1.54) is 0 Å². The number of hydrogen-bond donors (Lipinski definition) is 0. The summed E-state index contributed by atoms with van der Waals surface area (Å²) in [7, 11) is 0. The van der Waals surface area contributed by atoms with E-state index in [0.29, 0.717) is 5.38 Å². The number of piperidine rings is 1. The van der Waals surface area contributed by atoms with Gasteiger partial charge in [0, 0.05) is 18.1 Å². The minimum absolute atomic E-state index is 0.384. The molecule has 1 aromatic heterocycles. The molecule has 1 fully saturated rings. The molecule has 0 unspecified atom stereocenters. The summed E-state index contributed by atoms with van der Waals surface area (Å²) in [5.41, 5.74) is 1.15. The molecule has 0 radical (unpaired) electrons. The molecule has 0 N–H and O–H groups in total. The van der Waals surface area contributed by atoms with Crippen LogP contribution >= 0.6 is 11.6 Å². The molecule has 0 aliphatic carbocycles. The van der Waals surface area contributed by atoms with Gasteiger partial charge in [0.15, 0.2) is 0 Å². The minimum Gasteiger partial charge on any atom is -0.297 e. The predicted octanol–water partition coefficient (Wildman–Crippen LogP) is 2.28. The summed E-state index contributed by atoms with van der Waals surface area (Å²) in [6.07, 6.45) is 4.06. The number of likely N-dealkylation sites (tertiary alicyclic amines) is 1. The fraction of sp³-hybridized carbons (Fsp3) is 0.545. The van der Waals surface area contributed by atoms with E-state index in [2.05, 4.69) is 16.0 Å². The van der Waals surface area contributed by atoms with Crippen LogP contribution in [0.3, 0.4) is 0 Å². The van der Waals surface area contributed by atoms with Gasteiger partial charge in [-0.15, -0.1) is 11.6 Å². The number of rotatable bonds is 2. The van der Waals surface area contributed by atoms with Gasteiger partial charge in [0.2, 0.25) is 0 Å². The summed E-state index contributed by atoms with van der Waals surface area (Å²) in [6, 6.07) is 6.07. The van der Waals surface area contributed by atoms with Gasteiger partial charge in [-0.3, -0.25) is 9.88 Å². The van der Waals surface area contributed by atoms with Gasteiger partial charge >= 0.3 is 0 Å². The molecule has 0 bridgehead atoms. The average molecular weight is 211 g/mol. The van der Waals surface area contributed by atoms with E-state index in [1.807, 2.05) is 18.3 Å². The number of nitrogens with zero attached hydrogens (tertiary/aromatic N) is 2. The van der Waals surface area contributed by atoms with Crippen molar-refractivity contribution < 1.29 is 0 Å². The monoisotopic (exact) mass is 210 g/mol. The Morgan fingerprint density at radius 2 is 2.14 bits per heavy atom. The SMILES string of the molecule is ClC1CCN(Cc2ccccn2)CC1. The Morgan fingerprint density at radius 3 is 2.79 bits per heavy atom. The van der Waals surface area contributed by atoms with Crippen LogP contribution in [0.25, 0.3) is 0 Å². The lowest BCUT2D eigenvalue weighted by atomic mass is 10.1. The zero-order chi connectivity index (χ0) is 9.80. The van der Waals surface area contributed by atoms with Crippen LogP contribution in [-0.2, 0) is 6.54 Å². The topological polar surface area (TPSA) is 16.1 Å². The van der Waals surface area contributed by atoms with Gasteiger partial charge in [-0.1, -0.05) is 6.07 Å². The maximum Gasteiger partial charge on any atom is 0.0543 e. The Bertz CT molecular complexity index is 268. The fourth-order valence-electron chi connectivity index (χ4n) is 1.78. The van der Waals surface area contributed by atoms with Crippen LogP contribution in [0, 0.1) is 0 Å². The van der Waals surface area contributed by atoms with Crippen molar-refractivity contribution in [3.8, 4) is 0 Å². The van der Waals surface area contributed by atoms with Crippen LogP contribution < -0.4 is 0 Å². The van der Waals surface area contributed by atoms with Crippen molar-refractivity contribution in [3.05, 3.63) is 30.1 Å². The third kappa shape index (κ3) is 2.69. The van der Waals surface area contributed by atoms with Crippen LogP contribution in [0.1, 0.15) is 18.5 Å². The zero-order valence-corrected chi connectivity index (χ0v) is 8.95. The minimum atomic E-state index is 0.384. The van der Waals surface area contributed by atoms with Crippen LogP contribution in [0.15, 0.2) is 24.4 Å². The van der Waals surface area contributed by atoms with Gasteiger partial charge in [-0.2, -0.15) is 0 Å². The van der Waals surface area contributed by atoms with E-state index in [0.717, 1.165) is 38.2 Å². The number of pyridine rings is 1. The Kier molecular flexibility index (Phi) is 3.38. The first-order chi connectivity index (χ1) is 6.84. The third-order valence-corrected chi connectivity index (χ3v) is 3.07. The average Bonchev–Trinajstić information content (AvgIpc) is 2.23. The Labute approximate surface area is 89.9 Å². The van der Waals surface area contributed by atoms with Gasteiger partial charge in [0.25, 0.3) is 0 Å². The lowest BCUT2D eigenvalue weighted by Gasteiger charge is -2.28. The van der Waals surface area contributed by atoms with Gasteiger partial charge in [-0.05, 0) is 38.1 Å². The van der Waals surface area contributed by atoms with Gasteiger partial charge in [0.1, 0.15) is 0 Å². The summed E-state index contributed by atoms with van der Waals surface area (Å²) >= 11 is 6.04. The number of aromatic nitrogens is 1. The number of alkyl halides is 1. The highest BCUT2D eigenvalue weighted by Crippen LogP contribution is 2.16. The van der Waals surface area contributed by atoms with Crippen molar-refractivity contribution in [1.29, 1.82) is 0 Å². The number of halogens is 1. The van der Waals surface area contributed by atoms with E-state index in [4.69, 9.17) is 11.6 Å². The van der Waals surface area contributed by atoms with Crippen LogP contribution in [0.4, 0.5) is 0 Å². The standard InChI is InChI=1S/C11H15ClN2/c12-10-4-7-14(8-5-10)9-11-3-1-2-6-13-11/h1-3,6,10H,4-5,7-9H2. The molecular weight excluding hydrogens is 196 g/mol. The van der Waals surface area contributed by atoms with Crippen LogP contribution in [0.2, 0.25) is 0 Å². The van der Waals surface area contributed by atoms with Gasteiger partial charge in [0.05, 0.1) is 5.69 Å². The second-order valence-corrected chi connectivity index (χ2v) is 4.39. The van der Waals surface area contributed by atoms with Crippen molar-refractivity contribution in [2.45, 2.75) is 24.8 Å². The molecule has 0 aromatic carbocycles. The molecule has 0 saturated carbocycles. The Hall–Kier alpha value is -0.600. The van der Waals surface area contributed by atoms with Crippen molar-refractivity contribution in [2.24, 2.45) is 0 Å². The Morgan fingerprint density at radius 1 is 1.36 bits per heavy atom. The largest absolute Gasteiger partial charge is 0.297 e. The highest BCUT2D eigenvalue weighted by molar-refractivity contribution is 6.20. The summed E-state index contributed by atoms with van der Waals surface area (Å²) < 4.78 is 0. The van der Waals surface area contributed by atoms with E-state index >= 15 is 0 Å². The molecule has 76 valence electrons. The molecule has 2 nitrogen and oxygen atoms in total. The molecular formula is C11H15ClN2. The molecule has 1 aliphatic rings. The molecule has 14 heavy (non-hydrogen) atoms. The van der Waals surface area contributed by atoms with E-state index in [9.17, 15) is 0 Å². The molecule has 0 amide bonds. The molecule has 2 heterocycles. The van der Waals surface area contributed by atoms with Crippen molar-refractivity contribution in [1.82, 2.24) is 9.88 Å². The lowest BCUT2D eigenvalue weighted by Crippen LogP contribution is -2.33. The van der Waals surface area contributed by atoms with Gasteiger partial charge in [-0.25, -0.2) is 0 Å². The summed E-state index contributed by atoms with van der Waals surface area (Å²) in [5, 5.41) is 0.384. The molecule has 1 aromatic rings. The van der Waals surface area contributed by atoms with Crippen molar-refractivity contribution >= 4 is 11.6 Å². The fourth-order valence-corrected chi connectivity index (χ4v) is 1.98. The van der Waals surface area contributed by atoms with E-state index in [1.54, 1.807) is 0 Å². The first-order valence-electron chi connectivity index (χ1n) is 5.11. The van der Waals surface area contributed by atoms with Crippen molar-refractivity contribution in [3.63, 3.8) is 0 Å². The maximum atomic E-state index is 6.04. The highest BCUT2D eigenvalue weighted by Gasteiger charge is 2.16. The summed E-state index contributed by atoms with van der Waals surface area (Å²) in [4.78, 5) is 6.74. The quantitative estimate of drug-likeness (QED) is 0.697. The van der Waals surface area contributed by atoms with Crippen LogP contribution in [0.5, 0.6) is 0 Å². The first-order valence-corrected chi connectivity index (χ1v) is 5.54. The molecule has 0 spiro atoms.